The van der Waals surface area contributed by atoms with Crippen LogP contribution in [-0.4, -0.2) is 28.9 Å². The van der Waals surface area contributed by atoms with Crippen LogP contribution < -0.4 is 16.7 Å². The number of para-hydroxylation sites is 1. The number of H-pyrrole nitrogens is 1. The van der Waals surface area contributed by atoms with E-state index in [1.807, 2.05) is 19.1 Å². The molecule has 0 amide bonds. The molecular weight excluding hydrogens is 360 g/mol. The molecule has 0 atom stereocenters. The van der Waals surface area contributed by atoms with E-state index in [9.17, 15) is 14.4 Å². The van der Waals surface area contributed by atoms with Crippen molar-refractivity contribution in [3.8, 4) is 0 Å². The van der Waals surface area contributed by atoms with Crippen molar-refractivity contribution in [2.45, 2.75) is 32.9 Å². The highest BCUT2D eigenvalue weighted by molar-refractivity contribution is 5.78. The van der Waals surface area contributed by atoms with E-state index in [0.717, 1.165) is 12.8 Å². The standard InChI is InChI=1S/C19H20N6O3/c1-3-4-9-24-17-16(18(27)22-19(24)28)23(2)15(21-17)11-25-13-8-6-5-7-12(13)14(26)10-20-25/h5-8,10H,3-4,9,11H2,1-2H3,(H,22,27,28). The molecule has 0 fully saturated rings. The van der Waals surface area contributed by atoms with E-state index in [0.29, 0.717) is 34.4 Å². The summed E-state index contributed by atoms with van der Waals surface area (Å²) in [5, 5.41) is 4.79. The Morgan fingerprint density at radius 3 is 2.71 bits per heavy atom. The van der Waals surface area contributed by atoms with Crippen LogP contribution >= 0.6 is 0 Å². The summed E-state index contributed by atoms with van der Waals surface area (Å²) in [5.41, 5.74) is 0.316. The average molecular weight is 380 g/mol. The smallest absolute Gasteiger partial charge is 0.324 e. The van der Waals surface area contributed by atoms with E-state index in [1.54, 1.807) is 28.4 Å². The zero-order valence-corrected chi connectivity index (χ0v) is 15.7. The summed E-state index contributed by atoms with van der Waals surface area (Å²) in [6.07, 6.45) is 2.99. The molecule has 9 nitrogen and oxygen atoms in total. The highest BCUT2D eigenvalue weighted by atomic mass is 16.2. The first-order chi connectivity index (χ1) is 13.5. The number of aromatic amines is 1. The highest BCUT2D eigenvalue weighted by Crippen LogP contribution is 2.14. The van der Waals surface area contributed by atoms with Gasteiger partial charge >= 0.3 is 5.69 Å². The normalized spacial score (nSPS) is 11.5. The predicted molar refractivity (Wildman–Crippen MR) is 106 cm³/mol. The number of aromatic nitrogens is 6. The van der Waals surface area contributed by atoms with Crippen molar-refractivity contribution >= 4 is 22.1 Å². The van der Waals surface area contributed by atoms with Crippen LogP contribution in [0.2, 0.25) is 0 Å². The first kappa shape index (κ1) is 17.9. The quantitative estimate of drug-likeness (QED) is 0.555. The topological polar surface area (TPSA) is 108 Å². The third-order valence-corrected chi connectivity index (χ3v) is 4.89. The van der Waals surface area contributed by atoms with Gasteiger partial charge in [-0.05, 0) is 18.6 Å². The van der Waals surface area contributed by atoms with Crippen LogP contribution in [0.3, 0.4) is 0 Å². The number of nitrogens with zero attached hydrogens (tertiary/aromatic N) is 5. The fourth-order valence-electron chi connectivity index (χ4n) is 3.38. The number of imidazole rings is 1. The van der Waals surface area contributed by atoms with E-state index < -0.39 is 11.2 Å². The van der Waals surface area contributed by atoms with Crippen LogP contribution in [0.5, 0.6) is 0 Å². The average Bonchev–Trinajstić information content (AvgIpc) is 3.01. The third kappa shape index (κ3) is 2.84. The molecule has 0 radical (unpaired) electrons. The summed E-state index contributed by atoms with van der Waals surface area (Å²) in [4.78, 5) is 43.6. The SMILES string of the molecule is CCCCn1c(=O)[nH]c(=O)c2c1nc(Cn1ncc(=O)c3ccccc31)n2C. The number of hydrogen-bond donors (Lipinski definition) is 1. The minimum absolute atomic E-state index is 0.151. The minimum atomic E-state index is -0.466. The van der Waals surface area contributed by atoms with Gasteiger partial charge in [-0.2, -0.15) is 5.10 Å². The highest BCUT2D eigenvalue weighted by Gasteiger charge is 2.17. The van der Waals surface area contributed by atoms with Gasteiger partial charge < -0.3 is 4.57 Å². The van der Waals surface area contributed by atoms with E-state index in [1.165, 1.54) is 10.8 Å². The lowest BCUT2D eigenvalue weighted by atomic mass is 10.2. The molecular formula is C19H20N6O3. The second-order valence-electron chi connectivity index (χ2n) is 6.71. The van der Waals surface area contributed by atoms with Crippen LogP contribution in [-0.2, 0) is 20.1 Å². The molecule has 0 aliphatic rings. The van der Waals surface area contributed by atoms with Gasteiger partial charge in [-0.1, -0.05) is 25.5 Å². The Morgan fingerprint density at radius 2 is 1.93 bits per heavy atom. The maximum absolute atomic E-state index is 12.4. The second-order valence-corrected chi connectivity index (χ2v) is 6.71. The van der Waals surface area contributed by atoms with Gasteiger partial charge in [0.05, 0.1) is 18.3 Å². The molecule has 3 heterocycles. The number of benzene rings is 1. The van der Waals surface area contributed by atoms with Gasteiger partial charge in [-0.15, -0.1) is 0 Å². The molecule has 28 heavy (non-hydrogen) atoms. The number of unbranched alkanes of at least 4 members (excludes halogenated alkanes) is 1. The largest absolute Gasteiger partial charge is 0.330 e. The van der Waals surface area contributed by atoms with E-state index in [2.05, 4.69) is 15.1 Å². The number of fused-ring (bicyclic) bond motifs is 2. The van der Waals surface area contributed by atoms with Crippen molar-refractivity contribution < 1.29 is 0 Å². The maximum atomic E-state index is 12.4. The lowest BCUT2D eigenvalue weighted by molar-refractivity contribution is 0.612. The van der Waals surface area contributed by atoms with Crippen molar-refractivity contribution in [2.75, 3.05) is 0 Å². The van der Waals surface area contributed by atoms with Crippen LogP contribution in [0, 0.1) is 0 Å². The van der Waals surface area contributed by atoms with Crippen molar-refractivity contribution in [1.29, 1.82) is 0 Å². The lowest BCUT2D eigenvalue weighted by Crippen LogP contribution is -2.31. The Morgan fingerprint density at radius 1 is 1.14 bits per heavy atom. The molecule has 0 aliphatic carbocycles. The van der Waals surface area contributed by atoms with Crippen molar-refractivity contribution in [1.82, 2.24) is 28.9 Å². The Balaban J connectivity index is 1.89. The van der Waals surface area contributed by atoms with Crippen molar-refractivity contribution in [3.05, 3.63) is 67.3 Å². The molecule has 0 saturated carbocycles. The van der Waals surface area contributed by atoms with Crippen LogP contribution in [0.4, 0.5) is 0 Å². The molecule has 4 rings (SSSR count). The zero-order chi connectivity index (χ0) is 19.8. The summed E-state index contributed by atoms with van der Waals surface area (Å²) in [6, 6.07) is 7.20. The Labute approximate surface area is 158 Å². The molecule has 1 aromatic carbocycles. The molecule has 9 heteroatoms. The van der Waals surface area contributed by atoms with Crippen LogP contribution in [0.25, 0.3) is 22.1 Å². The number of hydrogen-bond acceptors (Lipinski definition) is 5. The molecule has 0 saturated heterocycles. The first-order valence-corrected chi connectivity index (χ1v) is 9.14. The second kappa shape index (κ2) is 6.91. The third-order valence-electron chi connectivity index (χ3n) is 4.89. The Kier molecular flexibility index (Phi) is 4.42. The van der Waals surface area contributed by atoms with Gasteiger partial charge in [0.1, 0.15) is 5.82 Å². The van der Waals surface area contributed by atoms with Gasteiger partial charge in [0.15, 0.2) is 11.2 Å². The summed E-state index contributed by atoms with van der Waals surface area (Å²) >= 11 is 0. The fraction of sp³-hybridized carbons (Fsp3) is 0.316. The molecule has 4 aromatic rings. The zero-order valence-electron chi connectivity index (χ0n) is 15.7. The summed E-state index contributed by atoms with van der Waals surface area (Å²) in [5.74, 6) is 0.567. The Hall–Kier alpha value is -3.49. The molecule has 144 valence electrons. The van der Waals surface area contributed by atoms with Gasteiger partial charge in [0.2, 0.25) is 5.43 Å². The lowest BCUT2D eigenvalue weighted by Gasteiger charge is -2.08. The van der Waals surface area contributed by atoms with E-state index in [-0.39, 0.29) is 12.0 Å². The fourth-order valence-corrected chi connectivity index (χ4v) is 3.38. The molecule has 0 bridgehead atoms. The van der Waals surface area contributed by atoms with Gasteiger partial charge in [0, 0.05) is 19.0 Å². The van der Waals surface area contributed by atoms with E-state index in [4.69, 9.17) is 0 Å². The van der Waals surface area contributed by atoms with Crippen molar-refractivity contribution in [3.63, 3.8) is 0 Å². The van der Waals surface area contributed by atoms with Gasteiger partial charge in [-0.3, -0.25) is 23.8 Å². The Bertz CT molecular complexity index is 1360. The molecule has 1 N–H and O–H groups in total. The minimum Gasteiger partial charge on any atom is -0.324 e. The molecule has 0 aliphatic heterocycles. The van der Waals surface area contributed by atoms with Gasteiger partial charge in [-0.25, -0.2) is 9.78 Å². The number of aryl methyl sites for hydroxylation is 2. The summed E-state index contributed by atoms with van der Waals surface area (Å²) in [7, 11) is 1.74. The number of nitrogens with one attached hydrogen (secondary N) is 1. The first-order valence-electron chi connectivity index (χ1n) is 9.14. The van der Waals surface area contributed by atoms with Crippen LogP contribution in [0.15, 0.2) is 44.8 Å². The van der Waals surface area contributed by atoms with E-state index >= 15 is 0 Å². The number of rotatable bonds is 5. The maximum Gasteiger partial charge on any atom is 0.330 e. The predicted octanol–water partition coefficient (Wildman–Crippen LogP) is 0.982. The molecule has 3 aromatic heterocycles. The summed E-state index contributed by atoms with van der Waals surface area (Å²) in [6.45, 7) is 2.77. The summed E-state index contributed by atoms with van der Waals surface area (Å²) < 4.78 is 4.84. The monoisotopic (exact) mass is 380 g/mol. The van der Waals surface area contributed by atoms with Gasteiger partial charge in [0.25, 0.3) is 5.56 Å². The van der Waals surface area contributed by atoms with Crippen molar-refractivity contribution in [2.24, 2.45) is 7.05 Å². The van der Waals surface area contributed by atoms with Crippen LogP contribution in [0.1, 0.15) is 25.6 Å². The molecule has 0 unspecified atom stereocenters. The molecule has 0 spiro atoms.